The van der Waals surface area contributed by atoms with Crippen molar-refractivity contribution in [3.05, 3.63) is 54.6 Å². The van der Waals surface area contributed by atoms with Crippen molar-refractivity contribution in [3.63, 3.8) is 0 Å². The largest absolute Gasteiger partial charge is 0.497 e. The van der Waals surface area contributed by atoms with Gasteiger partial charge in [0.1, 0.15) is 5.75 Å². The summed E-state index contributed by atoms with van der Waals surface area (Å²) in [6, 6.07) is 15.2. The zero-order valence-corrected chi connectivity index (χ0v) is 18.2. The Morgan fingerprint density at radius 1 is 1.10 bits per heavy atom. The zero-order chi connectivity index (χ0) is 22.3. The van der Waals surface area contributed by atoms with Crippen molar-refractivity contribution in [2.24, 2.45) is 5.92 Å². The number of benzene rings is 2. The third-order valence-electron chi connectivity index (χ3n) is 5.16. The number of sulfonamides is 1. The molecule has 1 unspecified atom stereocenters. The molecule has 1 heterocycles. The fourth-order valence-electron chi connectivity index (χ4n) is 3.46. The molecule has 2 N–H and O–H groups in total. The molecular formula is C22H27N3O5S. The van der Waals surface area contributed by atoms with Crippen LogP contribution in [0.5, 0.6) is 5.75 Å². The smallest absolute Gasteiger partial charge is 0.243 e. The summed E-state index contributed by atoms with van der Waals surface area (Å²) in [5.74, 6) is -0.189. The lowest BCUT2D eigenvalue weighted by molar-refractivity contribution is -0.126. The molecule has 0 radical (unpaired) electrons. The summed E-state index contributed by atoms with van der Waals surface area (Å²) >= 11 is 0. The van der Waals surface area contributed by atoms with Crippen molar-refractivity contribution in [1.82, 2.24) is 9.62 Å². The molecule has 1 saturated heterocycles. The fraction of sp³-hybridized carbons (Fsp3) is 0.364. The van der Waals surface area contributed by atoms with Crippen molar-refractivity contribution < 1.29 is 22.7 Å². The minimum Gasteiger partial charge on any atom is -0.497 e. The van der Waals surface area contributed by atoms with Crippen LogP contribution < -0.4 is 15.4 Å². The van der Waals surface area contributed by atoms with Gasteiger partial charge in [-0.15, -0.1) is 0 Å². The SMILES string of the molecule is COc1ccc(NC(=O)CCNC(=O)C2CCCN(S(=O)(=O)c3ccccc3)C2)cc1. The molecule has 1 aliphatic rings. The van der Waals surface area contributed by atoms with Crippen LogP contribution in [-0.4, -0.2) is 51.3 Å². The first kappa shape index (κ1) is 22.8. The highest BCUT2D eigenvalue weighted by Gasteiger charge is 2.33. The molecule has 0 bridgehead atoms. The number of rotatable bonds is 8. The van der Waals surface area contributed by atoms with E-state index in [0.29, 0.717) is 30.8 Å². The maximum absolute atomic E-state index is 12.8. The number of carbonyl (C=O) groups excluding carboxylic acids is 2. The molecule has 2 aromatic rings. The van der Waals surface area contributed by atoms with Crippen molar-refractivity contribution in [2.75, 3.05) is 32.1 Å². The van der Waals surface area contributed by atoms with E-state index >= 15 is 0 Å². The first-order valence-corrected chi connectivity index (χ1v) is 11.6. The minimum atomic E-state index is -3.62. The number of piperidine rings is 1. The molecule has 9 heteroatoms. The van der Waals surface area contributed by atoms with E-state index in [9.17, 15) is 18.0 Å². The molecule has 2 amide bonds. The highest BCUT2D eigenvalue weighted by Crippen LogP contribution is 2.23. The third kappa shape index (κ3) is 6.05. The van der Waals surface area contributed by atoms with E-state index in [4.69, 9.17) is 4.74 Å². The van der Waals surface area contributed by atoms with E-state index < -0.39 is 15.9 Å². The number of anilines is 1. The molecule has 0 aromatic heterocycles. The number of methoxy groups -OCH3 is 1. The lowest BCUT2D eigenvalue weighted by Gasteiger charge is -2.31. The first-order chi connectivity index (χ1) is 14.9. The summed E-state index contributed by atoms with van der Waals surface area (Å²) in [4.78, 5) is 24.9. The molecule has 8 nitrogen and oxygen atoms in total. The van der Waals surface area contributed by atoms with E-state index in [1.807, 2.05) is 0 Å². The van der Waals surface area contributed by atoms with Gasteiger partial charge in [0.2, 0.25) is 21.8 Å². The number of hydrogen-bond acceptors (Lipinski definition) is 5. The predicted molar refractivity (Wildman–Crippen MR) is 117 cm³/mol. The lowest BCUT2D eigenvalue weighted by Crippen LogP contribution is -2.45. The molecule has 31 heavy (non-hydrogen) atoms. The van der Waals surface area contributed by atoms with Crippen LogP contribution in [0.1, 0.15) is 19.3 Å². The standard InChI is InChI=1S/C22H27N3O5S/c1-30-19-11-9-18(10-12-19)24-21(26)13-14-23-22(27)17-6-5-15-25(16-17)31(28,29)20-7-3-2-4-8-20/h2-4,7-12,17H,5-6,13-16H2,1H3,(H,23,27)(H,24,26). The maximum Gasteiger partial charge on any atom is 0.243 e. The van der Waals surface area contributed by atoms with Gasteiger partial charge in [-0.3, -0.25) is 9.59 Å². The van der Waals surface area contributed by atoms with Crippen molar-refractivity contribution in [3.8, 4) is 5.75 Å². The Balaban J connectivity index is 1.47. The summed E-state index contributed by atoms with van der Waals surface area (Å²) < 4.78 is 32.1. The monoisotopic (exact) mass is 445 g/mol. The molecule has 0 aliphatic carbocycles. The number of amides is 2. The average molecular weight is 446 g/mol. The Labute approximate surface area is 182 Å². The van der Waals surface area contributed by atoms with E-state index in [1.165, 1.54) is 4.31 Å². The van der Waals surface area contributed by atoms with Crippen LogP contribution in [0.4, 0.5) is 5.69 Å². The molecular weight excluding hydrogens is 418 g/mol. The minimum absolute atomic E-state index is 0.122. The van der Waals surface area contributed by atoms with Crippen LogP contribution in [0.15, 0.2) is 59.5 Å². The van der Waals surface area contributed by atoms with Crippen LogP contribution in [0.3, 0.4) is 0 Å². The summed E-state index contributed by atoms with van der Waals surface area (Å²) in [5.41, 5.74) is 0.645. The van der Waals surface area contributed by atoms with Gasteiger partial charge in [0.15, 0.2) is 0 Å². The predicted octanol–water partition coefficient (Wildman–Crippen LogP) is 2.24. The van der Waals surface area contributed by atoms with E-state index in [1.54, 1.807) is 61.7 Å². The Morgan fingerprint density at radius 3 is 2.48 bits per heavy atom. The number of carbonyl (C=O) groups is 2. The van der Waals surface area contributed by atoms with Crippen molar-refractivity contribution >= 4 is 27.5 Å². The van der Waals surface area contributed by atoms with Crippen LogP contribution in [0.25, 0.3) is 0 Å². The molecule has 0 saturated carbocycles. The molecule has 0 spiro atoms. The summed E-state index contributed by atoms with van der Waals surface area (Å²) in [6.07, 6.45) is 1.35. The van der Waals surface area contributed by atoms with Crippen molar-refractivity contribution in [2.45, 2.75) is 24.2 Å². The Bertz CT molecular complexity index is 994. The molecule has 3 rings (SSSR count). The Hall–Kier alpha value is -2.91. The van der Waals surface area contributed by atoms with Gasteiger partial charge in [-0.1, -0.05) is 18.2 Å². The number of ether oxygens (including phenoxy) is 1. The zero-order valence-electron chi connectivity index (χ0n) is 17.4. The summed E-state index contributed by atoms with van der Waals surface area (Å²) in [7, 11) is -2.05. The second-order valence-electron chi connectivity index (χ2n) is 7.33. The molecule has 166 valence electrons. The quantitative estimate of drug-likeness (QED) is 0.648. The van der Waals surface area contributed by atoms with E-state index in [0.717, 1.165) is 0 Å². The number of hydrogen-bond donors (Lipinski definition) is 2. The van der Waals surface area contributed by atoms with Crippen LogP contribution in [-0.2, 0) is 19.6 Å². The van der Waals surface area contributed by atoms with Gasteiger partial charge in [0, 0.05) is 31.7 Å². The van der Waals surface area contributed by atoms with Crippen molar-refractivity contribution in [1.29, 1.82) is 0 Å². The lowest BCUT2D eigenvalue weighted by atomic mass is 9.99. The first-order valence-electron chi connectivity index (χ1n) is 10.2. The summed E-state index contributed by atoms with van der Waals surface area (Å²) in [5, 5.41) is 5.52. The van der Waals surface area contributed by atoms with Gasteiger partial charge >= 0.3 is 0 Å². The average Bonchev–Trinajstić information content (AvgIpc) is 2.80. The second-order valence-corrected chi connectivity index (χ2v) is 9.27. The highest BCUT2D eigenvalue weighted by atomic mass is 32.2. The van der Waals surface area contributed by atoms with E-state index in [-0.39, 0.29) is 36.2 Å². The molecule has 1 atom stereocenters. The molecule has 2 aromatic carbocycles. The van der Waals surface area contributed by atoms with Gasteiger partial charge in [0.05, 0.1) is 17.9 Å². The van der Waals surface area contributed by atoms with Gasteiger partial charge in [-0.25, -0.2) is 8.42 Å². The van der Waals surface area contributed by atoms with Crippen LogP contribution >= 0.6 is 0 Å². The van der Waals surface area contributed by atoms with Gasteiger partial charge in [-0.2, -0.15) is 4.31 Å². The number of nitrogens with zero attached hydrogens (tertiary/aromatic N) is 1. The Morgan fingerprint density at radius 2 is 1.81 bits per heavy atom. The normalized spacial score (nSPS) is 17.0. The second kappa shape index (κ2) is 10.4. The fourth-order valence-corrected chi connectivity index (χ4v) is 5.00. The topological polar surface area (TPSA) is 105 Å². The third-order valence-corrected chi connectivity index (χ3v) is 7.04. The Kier molecular flexibility index (Phi) is 7.64. The van der Waals surface area contributed by atoms with Crippen LogP contribution in [0, 0.1) is 5.92 Å². The van der Waals surface area contributed by atoms with E-state index in [2.05, 4.69) is 10.6 Å². The van der Waals surface area contributed by atoms with Gasteiger partial charge < -0.3 is 15.4 Å². The molecule has 1 aliphatic heterocycles. The number of nitrogens with one attached hydrogen (secondary N) is 2. The molecule has 1 fully saturated rings. The highest BCUT2D eigenvalue weighted by molar-refractivity contribution is 7.89. The maximum atomic E-state index is 12.8. The van der Waals surface area contributed by atoms with Gasteiger partial charge in [-0.05, 0) is 49.2 Å². The van der Waals surface area contributed by atoms with Gasteiger partial charge in [0.25, 0.3) is 0 Å². The van der Waals surface area contributed by atoms with Crippen LogP contribution in [0.2, 0.25) is 0 Å². The summed E-state index contributed by atoms with van der Waals surface area (Å²) in [6.45, 7) is 0.717.